The van der Waals surface area contributed by atoms with E-state index in [4.69, 9.17) is 5.73 Å². The molecule has 0 aliphatic heterocycles. The van der Waals surface area contributed by atoms with Crippen molar-refractivity contribution < 1.29 is 8.42 Å². The molecule has 2 rings (SSSR count). The van der Waals surface area contributed by atoms with Crippen molar-refractivity contribution >= 4 is 9.84 Å². The van der Waals surface area contributed by atoms with Gasteiger partial charge in [0.05, 0.1) is 17.5 Å². The van der Waals surface area contributed by atoms with Crippen LogP contribution in [0.2, 0.25) is 0 Å². The van der Waals surface area contributed by atoms with Gasteiger partial charge in [0.15, 0.2) is 0 Å². The van der Waals surface area contributed by atoms with E-state index >= 15 is 0 Å². The largest absolute Gasteiger partial charge is 0.326 e. The van der Waals surface area contributed by atoms with Gasteiger partial charge >= 0.3 is 0 Å². The summed E-state index contributed by atoms with van der Waals surface area (Å²) in [4.78, 5) is 0. The minimum absolute atomic E-state index is 0.0172. The smallest absolute Gasteiger partial charge is 0.148 e. The molecule has 1 aromatic rings. The molecular formula is C12H21N3O2S. The summed E-state index contributed by atoms with van der Waals surface area (Å²) in [5.41, 5.74) is 6.71. The van der Waals surface area contributed by atoms with Crippen molar-refractivity contribution in [2.75, 3.05) is 12.0 Å². The third-order valence-corrected chi connectivity index (χ3v) is 4.38. The van der Waals surface area contributed by atoms with Crippen LogP contribution in [-0.4, -0.2) is 36.2 Å². The summed E-state index contributed by atoms with van der Waals surface area (Å²) in [6, 6.07) is 2.09. The Balaban J connectivity index is 1.93. The van der Waals surface area contributed by atoms with Crippen molar-refractivity contribution in [1.29, 1.82) is 0 Å². The van der Waals surface area contributed by atoms with Crippen LogP contribution in [0.5, 0.6) is 0 Å². The summed E-state index contributed by atoms with van der Waals surface area (Å²) in [6.45, 7) is 0. The Hall–Kier alpha value is -0.880. The van der Waals surface area contributed by atoms with Gasteiger partial charge in [0.1, 0.15) is 9.84 Å². The first-order valence-corrected chi connectivity index (χ1v) is 8.47. The molecule has 0 radical (unpaired) electrons. The monoisotopic (exact) mass is 271 g/mol. The molecular weight excluding hydrogens is 250 g/mol. The van der Waals surface area contributed by atoms with E-state index in [1.165, 1.54) is 31.9 Å². The molecule has 0 aromatic carbocycles. The normalized spacial score (nSPS) is 19.2. The summed E-state index contributed by atoms with van der Waals surface area (Å²) in [6.07, 6.45) is 8.64. The van der Waals surface area contributed by atoms with E-state index in [2.05, 4.69) is 5.10 Å². The quantitative estimate of drug-likeness (QED) is 0.863. The zero-order valence-corrected chi connectivity index (χ0v) is 11.6. The fraction of sp³-hybridized carbons (Fsp3) is 0.750. The molecule has 2 N–H and O–H groups in total. The average Bonchev–Trinajstić information content (AvgIpc) is 2.82. The number of nitrogens with two attached hydrogens (primary N) is 1. The minimum atomic E-state index is -3.01. The summed E-state index contributed by atoms with van der Waals surface area (Å²) in [7, 11) is -3.01. The molecule has 1 saturated carbocycles. The molecule has 6 heteroatoms. The number of aromatic nitrogens is 2. The van der Waals surface area contributed by atoms with Crippen LogP contribution in [-0.2, 0) is 16.3 Å². The van der Waals surface area contributed by atoms with Crippen LogP contribution in [0.4, 0.5) is 0 Å². The lowest BCUT2D eigenvalue weighted by atomic mass is 10.2. The second kappa shape index (κ2) is 5.40. The highest BCUT2D eigenvalue weighted by atomic mass is 32.2. The Labute approximate surface area is 108 Å². The fourth-order valence-electron chi connectivity index (χ4n) is 2.57. The maximum Gasteiger partial charge on any atom is 0.148 e. The number of sulfone groups is 1. The highest BCUT2D eigenvalue weighted by molar-refractivity contribution is 7.90. The van der Waals surface area contributed by atoms with E-state index in [1.54, 1.807) is 0 Å². The van der Waals surface area contributed by atoms with E-state index in [0.717, 1.165) is 5.69 Å². The second-order valence-electron chi connectivity index (χ2n) is 5.28. The van der Waals surface area contributed by atoms with Gasteiger partial charge in [-0.15, -0.1) is 0 Å². The SMILES string of the molecule is CS(=O)(=O)CC(N)Cc1ccn(C2CCCC2)n1. The lowest BCUT2D eigenvalue weighted by Crippen LogP contribution is -2.31. The Morgan fingerprint density at radius 1 is 1.50 bits per heavy atom. The van der Waals surface area contributed by atoms with E-state index in [-0.39, 0.29) is 11.8 Å². The van der Waals surface area contributed by atoms with Gasteiger partial charge in [0, 0.05) is 24.9 Å². The van der Waals surface area contributed by atoms with Crippen molar-refractivity contribution in [1.82, 2.24) is 9.78 Å². The maximum atomic E-state index is 11.1. The molecule has 102 valence electrons. The topological polar surface area (TPSA) is 78.0 Å². The molecule has 0 spiro atoms. The van der Waals surface area contributed by atoms with Crippen LogP contribution in [0.1, 0.15) is 37.4 Å². The highest BCUT2D eigenvalue weighted by Crippen LogP contribution is 2.28. The zero-order valence-electron chi connectivity index (χ0n) is 10.7. The number of nitrogens with zero attached hydrogens (tertiary/aromatic N) is 2. The van der Waals surface area contributed by atoms with Crippen molar-refractivity contribution in [3.05, 3.63) is 18.0 Å². The molecule has 0 bridgehead atoms. The first-order valence-electron chi connectivity index (χ1n) is 6.41. The van der Waals surface area contributed by atoms with Crippen LogP contribution < -0.4 is 5.73 Å². The van der Waals surface area contributed by atoms with Gasteiger partial charge in [0.2, 0.25) is 0 Å². The maximum absolute atomic E-state index is 11.1. The first kappa shape index (κ1) is 13.5. The number of hydrogen-bond acceptors (Lipinski definition) is 4. The highest BCUT2D eigenvalue weighted by Gasteiger charge is 2.18. The Morgan fingerprint density at radius 3 is 2.78 bits per heavy atom. The van der Waals surface area contributed by atoms with Gasteiger partial charge in [-0.05, 0) is 18.9 Å². The molecule has 5 nitrogen and oxygen atoms in total. The molecule has 18 heavy (non-hydrogen) atoms. The van der Waals surface area contributed by atoms with Gasteiger partial charge in [-0.25, -0.2) is 8.42 Å². The van der Waals surface area contributed by atoms with Crippen molar-refractivity contribution in [3.8, 4) is 0 Å². The van der Waals surface area contributed by atoms with Crippen LogP contribution in [0.15, 0.2) is 12.3 Å². The molecule has 1 unspecified atom stereocenters. The average molecular weight is 271 g/mol. The molecule has 1 aliphatic rings. The molecule has 1 aromatic heterocycles. The lowest BCUT2D eigenvalue weighted by molar-refractivity contribution is 0.461. The van der Waals surface area contributed by atoms with Gasteiger partial charge < -0.3 is 5.73 Å². The van der Waals surface area contributed by atoms with E-state index in [0.29, 0.717) is 12.5 Å². The van der Waals surface area contributed by atoms with Gasteiger partial charge in [0.25, 0.3) is 0 Å². The van der Waals surface area contributed by atoms with E-state index < -0.39 is 9.84 Å². The molecule has 1 heterocycles. The molecule has 0 amide bonds. The third kappa shape index (κ3) is 3.81. The van der Waals surface area contributed by atoms with E-state index in [1.807, 2.05) is 16.9 Å². The predicted octanol–water partition coefficient (Wildman–Crippen LogP) is 0.913. The standard InChI is InChI=1S/C12H21N3O2S/c1-18(16,17)9-10(13)8-11-6-7-15(14-11)12-4-2-3-5-12/h6-7,10,12H,2-5,8-9,13H2,1H3. The lowest BCUT2D eigenvalue weighted by Gasteiger charge is -2.10. The van der Waals surface area contributed by atoms with Gasteiger partial charge in [-0.2, -0.15) is 5.10 Å². The Kier molecular flexibility index (Phi) is 4.07. The van der Waals surface area contributed by atoms with Gasteiger partial charge in [-0.1, -0.05) is 12.8 Å². The summed E-state index contributed by atoms with van der Waals surface area (Å²) >= 11 is 0. The summed E-state index contributed by atoms with van der Waals surface area (Å²) in [5, 5.41) is 4.50. The second-order valence-corrected chi connectivity index (χ2v) is 7.47. The number of rotatable bonds is 5. The fourth-order valence-corrected chi connectivity index (χ4v) is 3.47. The zero-order chi connectivity index (χ0) is 13.2. The predicted molar refractivity (Wildman–Crippen MR) is 71.1 cm³/mol. The van der Waals surface area contributed by atoms with Gasteiger partial charge in [-0.3, -0.25) is 4.68 Å². The van der Waals surface area contributed by atoms with Crippen LogP contribution in [0.3, 0.4) is 0 Å². The third-order valence-electron chi connectivity index (χ3n) is 3.35. The van der Waals surface area contributed by atoms with Crippen molar-refractivity contribution in [2.45, 2.75) is 44.2 Å². The molecule has 1 atom stereocenters. The van der Waals surface area contributed by atoms with Crippen molar-refractivity contribution in [2.24, 2.45) is 5.73 Å². The van der Waals surface area contributed by atoms with Crippen LogP contribution in [0, 0.1) is 0 Å². The molecule has 1 fully saturated rings. The number of hydrogen-bond donors (Lipinski definition) is 1. The summed E-state index contributed by atoms with van der Waals surface area (Å²) < 4.78 is 24.3. The summed E-state index contributed by atoms with van der Waals surface area (Å²) in [5.74, 6) is 0.0172. The Bertz CT molecular complexity index is 489. The molecule has 1 aliphatic carbocycles. The van der Waals surface area contributed by atoms with Crippen LogP contribution in [0.25, 0.3) is 0 Å². The minimum Gasteiger partial charge on any atom is -0.326 e. The van der Waals surface area contributed by atoms with E-state index in [9.17, 15) is 8.42 Å². The Morgan fingerprint density at radius 2 is 2.17 bits per heavy atom. The van der Waals surface area contributed by atoms with Crippen LogP contribution >= 0.6 is 0 Å². The first-order chi connectivity index (χ1) is 8.44. The van der Waals surface area contributed by atoms with Crippen molar-refractivity contribution in [3.63, 3.8) is 0 Å². The molecule has 0 saturated heterocycles.